The first-order valence-corrected chi connectivity index (χ1v) is 27.8. The topological polar surface area (TPSA) is 57.7 Å². The van der Waals surface area contributed by atoms with Gasteiger partial charge < -0.3 is 33.8 Å². The third-order valence-corrected chi connectivity index (χ3v) is 14.5. The van der Waals surface area contributed by atoms with Gasteiger partial charge in [-0.1, -0.05) is 133 Å². The normalized spacial score (nSPS) is 10.6. The van der Waals surface area contributed by atoms with Crippen LogP contribution < -0.4 is 33.8 Å². The van der Waals surface area contributed by atoms with Gasteiger partial charge in [0.05, 0.1) is 21.3 Å². The van der Waals surface area contributed by atoms with Gasteiger partial charge in [-0.3, -0.25) is 4.79 Å². The molecule has 0 saturated heterocycles. The van der Waals surface area contributed by atoms with Gasteiger partial charge in [-0.2, -0.15) is 0 Å². The van der Waals surface area contributed by atoms with Crippen LogP contribution >= 0.6 is 0 Å². The number of hydrogen-bond acceptors (Lipinski definition) is 8. The fourth-order valence-electron chi connectivity index (χ4n) is 10.2. The quantitative estimate of drug-likeness (QED) is 0.0788. The van der Waals surface area contributed by atoms with E-state index in [0.717, 1.165) is 114 Å². The number of methoxy groups -OCH3 is 3. The van der Waals surface area contributed by atoms with Gasteiger partial charge >= 0.3 is 0 Å². The summed E-state index contributed by atoms with van der Waals surface area (Å²) in [4.78, 5) is 20.1. The number of carbonyl (C=O) groups is 1. The molecule has 12 aromatic rings. The van der Waals surface area contributed by atoms with E-state index in [4.69, 9.17) is 14.2 Å². The van der Waals surface area contributed by atoms with Gasteiger partial charge in [0, 0.05) is 85.9 Å². The zero-order valence-electron chi connectivity index (χ0n) is 47.0. The highest BCUT2D eigenvalue weighted by atomic mass is 16.5. The first kappa shape index (κ1) is 54.8. The SMILES string of the molecule is COc1ccc(N(c2ccccc2)c2ccc(-c3ccc(N(c4ccccc4)c4ccc(C=O)cc4)cc3)cc2)cc1.COc1cccc(N(c2ccccc2)c2ccc(-c3ccc(N(c4ccccc4)c4cccc(OC)c4)cc3)cc2)c1. The fraction of sp³-hybridized carbons (Fsp3) is 0.0395. The van der Waals surface area contributed by atoms with Crippen LogP contribution in [0.15, 0.2) is 315 Å². The van der Waals surface area contributed by atoms with Gasteiger partial charge in [-0.15, -0.1) is 0 Å². The molecule has 12 rings (SSSR count). The van der Waals surface area contributed by atoms with Crippen LogP contribution in [-0.4, -0.2) is 27.6 Å². The Balaban J connectivity index is 0.000000175. The molecule has 0 saturated carbocycles. The molecule has 0 unspecified atom stereocenters. The second-order valence-corrected chi connectivity index (χ2v) is 19.7. The number of carbonyl (C=O) groups excluding carboxylic acids is 1. The summed E-state index contributed by atoms with van der Waals surface area (Å²) in [5.41, 5.74) is 17.9. The van der Waals surface area contributed by atoms with Gasteiger partial charge in [-0.05, 0) is 192 Å². The minimum Gasteiger partial charge on any atom is -0.497 e. The summed E-state index contributed by atoms with van der Waals surface area (Å²) in [7, 11) is 5.07. The monoisotopic (exact) mass is 1090 g/mol. The maximum absolute atomic E-state index is 11.2. The number of ether oxygens (including phenoxy) is 3. The van der Waals surface area contributed by atoms with Crippen LogP contribution in [0.3, 0.4) is 0 Å². The lowest BCUT2D eigenvalue weighted by molar-refractivity contribution is 0.112. The second kappa shape index (κ2) is 26.5. The molecule has 0 aliphatic heterocycles. The Hall–Kier alpha value is -11.1. The number of aldehydes is 1. The Morgan fingerprint density at radius 3 is 0.714 bits per heavy atom. The van der Waals surface area contributed by atoms with Crippen molar-refractivity contribution in [1.29, 1.82) is 0 Å². The van der Waals surface area contributed by atoms with Crippen molar-refractivity contribution in [3.63, 3.8) is 0 Å². The van der Waals surface area contributed by atoms with Gasteiger partial charge in [0.25, 0.3) is 0 Å². The summed E-state index contributed by atoms with van der Waals surface area (Å²) in [5, 5.41) is 0. The van der Waals surface area contributed by atoms with Crippen LogP contribution in [-0.2, 0) is 0 Å². The summed E-state index contributed by atoms with van der Waals surface area (Å²) in [6.07, 6.45) is 0.868. The lowest BCUT2D eigenvalue weighted by Gasteiger charge is -2.26. The lowest BCUT2D eigenvalue weighted by atomic mass is 10.0. The molecule has 0 bridgehead atoms. The number of rotatable bonds is 18. The van der Waals surface area contributed by atoms with E-state index in [1.54, 1.807) is 21.3 Å². The third-order valence-electron chi connectivity index (χ3n) is 14.5. The zero-order chi connectivity index (χ0) is 57.5. The van der Waals surface area contributed by atoms with Crippen molar-refractivity contribution in [3.8, 4) is 39.5 Å². The second-order valence-electron chi connectivity index (χ2n) is 19.7. The van der Waals surface area contributed by atoms with Crippen molar-refractivity contribution in [2.45, 2.75) is 0 Å². The van der Waals surface area contributed by atoms with E-state index in [9.17, 15) is 4.79 Å². The Labute approximate surface area is 492 Å². The number of benzene rings is 12. The minimum absolute atomic E-state index is 0.656. The molecular weight excluding hydrogens is 1030 g/mol. The Morgan fingerprint density at radius 2 is 0.452 bits per heavy atom. The van der Waals surface area contributed by atoms with Crippen LogP contribution in [0.4, 0.5) is 68.2 Å². The maximum Gasteiger partial charge on any atom is 0.150 e. The summed E-state index contributed by atoms with van der Waals surface area (Å²) in [6, 6.07) is 108. The summed E-state index contributed by atoms with van der Waals surface area (Å²) >= 11 is 0. The molecule has 8 heteroatoms. The smallest absolute Gasteiger partial charge is 0.150 e. The first-order valence-electron chi connectivity index (χ1n) is 27.8. The van der Waals surface area contributed by atoms with Crippen molar-refractivity contribution >= 4 is 74.5 Å². The van der Waals surface area contributed by atoms with Crippen LogP contribution in [0.25, 0.3) is 22.3 Å². The first-order chi connectivity index (χ1) is 41.5. The molecule has 0 atom stereocenters. The molecule has 0 N–H and O–H groups in total. The van der Waals surface area contributed by atoms with Crippen molar-refractivity contribution in [2.24, 2.45) is 0 Å². The van der Waals surface area contributed by atoms with Gasteiger partial charge in [0.2, 0.25) is 0 Å². The molecule has 0 aliphatic carbocycles. The van der Waals surface area contributed by atoms with E-state index in [1.807, 2.05) is 97.1 Å². The highest BCUT2D eigenvalue weighted by molar-refractivity contribution is 5.84. The van der Waals surface area contributed by atoms with Crippen molar-refractivity contribution in [3.05, 3.63) is 321 Å². The average molecular weight is 1100 g/mol. The van der Waals surface area contributed by atoms with Gasteiger partial charge in [0.15, 0.2) is 0 Å². The lowest BCUT2D eigenvalue weighted by Crippen LogP contribution is -2.10. The van der Waals surface area contributed by atoms with Gasteiger partial charge in [-0.25, -0.2) is 0 Å². The molecule has 8 nitrogen and oxygen atoms in total. The largest absolute Gasteiger partial charge is 0.497 e. The number of hydrogen-bond donors (Lipinski definition) is 0. The minimum atomic E-state index is 0.656. The number of anilines is 12. The van der Waals surface area contributed by atoms with E-state index in [2.05, 4.69) is 238 Å². The van der Waals surface area contributed by atoms with Crippen molar-refractivity contribution in [2.75, 3.05) is 40.9 Å². The highest BCUT2D eigenvalue weighted by Gasteiger charge is 2.18. The molecule has 0 amide bonds. The predicted octanol–water partition coefficient (Wildman–Crippen LogP) is 20.4. The van der Waals surface area contributed by atoms with Crippen LogP contribution in [0, 0.1) is 0 Å². The fourth-order valence-corrected chi connectivity index (χ4v) is 10.2. The molecule has 0 fully saturated rings. The molecule has 0 spiro atoms. The summed E-state index contributed by atoms with van der Waals surface area (Å²) < 4.78 is 16.4. The van der Waals surface area contributed by atoms with Gasteiger partial charge in [0.1, 0.15) is 23.5 Å². The number of para-hydroxylation sites is 4. The van der Waals surface area contributed by atoms with E-state index in [0.29, 0.717) is 5.56 Å². The molecular formula is C76H62N4O4. The Morgan fingerprint density at radius 1 is 0.226 bits per heavy atom. The molecule has 12 aromatic carbocycles. The van der Waals surface area contributed by atoms with Crippen LogP contribution in [0.5, 0.6) is 17.2 Å². The predicted molar refractivity (Wildman–Crippen MR) is 348 cm³/mol. The van der Waals surface area contributed by atoms with Crippen LogP contribution in [0.1, 0.15) is 10.4 Å². The summed E-state index contributed by atoms with van der Waals surface area (Å²) in [5.74, 6) is 2.47. The van der Waals surface area contributed by atoms with E-state index < -0.39 is 0 Å². The summed E-state index contributed by atoms with van der Waals surface area (Å²) in [6.45, 7) is 0. The van der Waals surface area contributed by atoms with E-state index in [1.165, 1.54) is 0 Å². The molecule has 0 radical (unpaired) electrons. The number of nitrogens with zero attached hydrogens (tertiary/aromatic N) is 4. The van der Waals surface area contributed by atoms with Crippen molar-refractivity contribution < 1.29 is 19.0 Å². The van der Waals surface area contributed by atoms with E-state index in [-0.39, 0.29) is 0 Å². The average Bonchev–Trinajstić information content (AvgIpc) is 3.72. The van der Waals surface area contributed by atoms with Crippen molar-refractivity contribution in [1.82, 2.24) is 0 Å². The van der Waals surface area contributed by atoms with Crippen LogP contribution in [0.2, 0.25) is 0 Å². The zero-order valence-corrected chi connectivity index (χ0v) is 47.0. The molecule has 84 heavy (non-hydrogen) atoms. The molecule has 0 heterocycles. The highest BCUT2D eigenvalue weighted by Crippen LogP contribution is 2.42. The molecule has 0 aromatic heterocycles. The maximum atomic E-state index is 11.2. The standard InChI is InChI=1S/C38H32N2O2.C38H30N2O2/c1-41-37-17-9-15-35(27-37)39(31-11-5-3-6-12-31)33-23-19-29(20-24-33)30-21-25-34(26-22-30)40(32-13-7-4-8-14-32)36-16-10-18-38(28-36)42-2;1-42-38-26-24-37(25-27-38)40(33-10-6-3-7-11-33)36-22-16-31(17-23-36)30-14-20-35(21-15-30)39(32-8-4-2-5-9-32)34-18-12-29(28-41)13-19-34/h3-28H,1-2H3;2-28H,1H3. The molecule has 410 valence electrons. The van der Waals surface area contributed by atoms with E-state index >= 15 is 0 Å². The Bertz CT molecular complexity index is 3870. The Kier molecular flexibility index (Phi) is 17.3. The third kappa shape index (κ3) is 12.7. The molecule has 0 aliphatic rings.